The van der Waals surface area contributed by atoms with E-state index in [9.17, 15) is 4.79 Å². The topological polar surface area (TPSA) is 52.6 Å². The Balaban J connectivity index is 2.46. The summed E-state index contributed by atoms with van der Waals surface area (Å²) >= 11 is 0. The first kappa shape index (κ1) is 10.5. The third-order valence-corrected chi connectivity index (χ3v) is 2.51. The Labute approximate surface area is 78.9 Å². The molecule has 1 unspecified atom stereocenters. The highest BCUT2D eigenvalue weighted by Crippen LogP contribution is 2.11. The van der Waals surface area contributed by atoms with Gasteiger partial charge in [0.15, 0.2) is 0 Å². The van der Waals surface area contributed by atoms with Gasteiger partial charge in [0, 0.05) is 6.54 Å². The van der Waals surface area contributed by atoms with E-state index >= 15 is 0 Å². The predicted octanol–water partition coefficient (Wildman–Crippen LogP) is 0.145. The highest BCUT2D eigenvalue weighted by Gasteiger charge is 2.25. The van der Waals surface area contributed by atoms with Gasteiger partial charge in [0.05, 0.1) is 0 Å². The van der Waals surface area contributed by atoms with Gasteiger partial charge in [-0.25, -0.2) is 0 Å². The van der Waals surface area contributed by atoms with Crippen LogP contribution >= 0.6 is 0 Å². The zero-order chi connectivity index (χ0) is 9.68. The summed E-state index contributed by atoms with van der Waals surface area (Å²) in [5, 5.41) is 11.9. The van der Waals surface area contributed by atoms with Gasteiger partial charge in [-0.3, -0.25) is 9.69 Å². The van der Waals surface area contributed by atoms with Crippen molar-refractivity contribution in [3.8, 4) is 0 Å². The number of piperidine rings is 1. The van der Waals surface area contributed by atoms with E-state index in [1.807, 2.05) is 0 Å². The molecule has 76 valence electrons. The monoisotopic (exact) mass is 186 g/mol. The zero-order valence-electron chi connectivity index (χ0n) is 8.12. The molecule has 1 saturated heterocycles. The summed E-state index contributed by atoms with van der Waals surface area (Å²) in [6, 6.07) is -0.342. The average Bonchev–Trinajstić information content (AvgIpc) is 2.15. The SMILES string of the molecule is CNCC(C(=O)O)N1CCCCC1. The lowest BCUT2D eigenvalue weighted by molar-refractivity contribution is -0.143. The number of carboxylic acids is 1. The van der Waals surface area contributed by atoms with Gasteiger partial charge in [-0.1, -0.05) is 6.42 Å². The maximum absolute atomic E-state index is 10.9. The van der Waals surface area contributed by atoms with Gasteiger partial charge < -0.3 is 10.4 Å². The minimum atomic E-state index is -0.712. The third-order valence-electron chi connectivity index (χ3n) is 2.51. The maximum Gasteiger partial charge on any atom is 0.322 e. The number of aliphatic carboxylic acids is 1. The van der Waals surface area contributed by atoms with E-state index in [1.165, 1.54) is 6.42 Å². The molecule has 0 aromatic carbocycles. The third kappa shape index (κ3) is 2.97. The summed E-state index contributed by atoms with van der Waals surface area (Å²) < 4.78 is 0. The summed E-state index contributed by atoms with van der Waals surface area (Å²) in [6.07, 6.45) is 3.50. The first-order valence-electron chi connectivity index (χ1n) is 4.87. The second-order valence-corrected chi connectivity index (χ2v) is 3.51. The number of likely N-dealkylation sites (tertiary alicyclic amines) is 1. The number of likely N-dealkylation sites (N-methyl/N-ethyl adjacent to an activating group) is 1. The van der Waals surface area contributed by atoms with Crippen molar-refractivity contribution in [2.45, 2.75) is 25.3 Å². The molecular formula is C9H18N2O2. The first-order chi connectivity index (χ1) is 6.25. The maximum atomic E-state index is 10.9. The molecule has 4 nitrogen and oxygen atoms in total. The lowest BCUT2D eigenvalue weighted by atomic mass is 10.1. The van der Waals surface area contributed by atoms with Crippen LogP contribution in [-0.4, -0.2) is 48.7 Å². The molecule has 2 N–H and O–H groups in total. The van der Waals surface area contributed by atoms with E-state index in [0.29, 0.717) is 6.54 Å². The first-order valence-corrected chi connectivity index (χ1v) is 4.87. The van der Waals surface area contributed by atoms with E-state index in [4.69, 9.17) is 5.11 Å². The molecule has 1 atom stereocenters. The van der Waals surface area contributed by atoms with Crippen molar-refractivity contribution in [3.05, 3.63) is 0 Å². The average molecular weight is 186 g/mol. The molecule has 0 spiro atoms. The van der Waals surface area contributed by atoms with E-state index in [1.54, 1.807) is 7.05 Å². The van der Waals surface area contributed by atoms with Crippen LogP contribution in [0.25, 0.3) is 0 Å². The molecule has 0 bridgehead atoms. The van der Waals surface area contributed by atoms with Crippen LogP contribution in [-0.2, 0) is 4.79 Å². The van der Waals surface area contributed by atoms with Crippen molar-refractivity contribution in [2.24, 2.45) is 0 Å². The van der Waals surface area contributed by atoms with Crippen molar-refractivity contribution in [1.29, 1.82) is 0 Å². The molecule has 1 fully saturated rings. The number of carboxylic acid groups (broad SMARTS) is 1. The molecule has 0 radical (unpaired) electrons. The standard InChI is InChI=1S/C9H18N2O2/c1-10-7-8(9(12)13)11-5-3-2-4-6-11/h8,10H,2-7H2,1H3,(H,12,13). The van der Waals surface area contributed by atoms with Crippen LogP contribution in [0.15, 0.2) is 0 Å². The van der Waals surface area contributed by atoms with Gasteiger partial charge in [-0.05, 0) is 33.0 Å². The Morgan fingerprint density at radius 2 is 2.08 bits per heavy atom. The normalized spacial score (nSPS) is 21.3. The highest BCUT2D eigenvalue weighted by molar-refractivity contribution is 5.73. The van der Waals surface area contributed by atoms with E-state index < -0.39 is 5.97 Å². The van der Waals surface area contributed by atoms with Crippen LogP contribution in [0, 0.1) is 0 Å². The van der Waals surface area contributed by atoms with Crippen molar-refractivity contribution in [3.63, 3.8) is 0 Å². The van der Waals surface area contributed by atoms with Crippen LogP contribution < -0.4 is 5.32 Å². The van der Waals surface area contributed by atoms with Gasteiger partial charge in [-0.15, -0.1) is 0 Å². The Hall–Kier alpha value is -0.610. The zero-order valence-corrected chi connectivity index (χ0v) is 8.12. The molecule has 0 aliphatic carbocycles. The van der Waals surface area contributed by atoms with Crippen LogP contribution in [0.3, 0.4) is 0 Å². The molecule has 13 heavy (non-hydrogen) atoms. The molecule has 1 heterocycles. The molecule has 0 saturated carbocycles. The lowest BCUT2D eigenvalue weighted by Gasteiger charge is -2.31. The minimum Gasteiger partial charge on any atom is -0.480 e. The summed E-state index contributed by atoms with van der Waals surface area (Å²) in [5.41, 5.74) is 0. The van der Waals surface area contributed by atoms with E-state index in [2.05, 4.69) is 10.2 Å². The van der Waals surface area contributed by atoms with Crippen LogP contribution in [0.4, 0.5) is 0 Å². The molecular weight excluding hydrogens is 168 g/mol. The molecule has 0 aromatic heterocycles. The minimum absolute atomic E-state index is 0.342. The van der Waals surface area contributed by atoms with Crippen molar-refractivity contribution < 1.29 is 9.90 Å². The van der Waals surface area contributed by atoms with Crippen molar-refractivity contribution in [2.75, 3.05) is 26.7 Å². The van der Waals surface area contributed by atoms with Crippen LogP contribution in [0.5, 0.6) is 0 Å². The van der Waals surface area contributed by atoms with Gasteiger partial charge >= 0.3 is 5.97 Å². The number of hydrogen-bond acceptors (Lipinski definition) is 3. The second kappa shape index (κ2) is 5.19. The summed E-state index contributed by atoms with van der Waals surface area (Å²) in [6.45, 7) is 2.40. The second-order valence-electron chi connectivity index (χ2n) is 3.51. The van der Waals surface area contributed by atoms with E-state index in [-0.39, 0.29) is 6.04 Å². The predicted molar refractivity (Wildman–Crippen MR) is 50.8 cm³/mol. The quantitative estimate of drug-likeness (QED) is 0.656. The molecule has 1 aliphatic rings. The lowest BCUT2D eigenvalue weighted by Crippen LogP contribution is -2.48. The number of nitrogens with zero attached hydrogens (tertiary/aromatic N) is 1. The molecule has 4 heteroatoms. The largest absolute Gasteiger partial charge is 0.480 e. The number of carbonyl (C=O) groups is 1. The molecule has 1 aliphatic heterocycles. The molecule has 1 rings (SSSR count). The Morgan fingerprint density at radius 1 is 1.46 bits per heavy atom. The summed E-state index contributed by atoms with van der Waals surface area (Å²) in [7, 11) is 1.79. The highest BCUT2D eigenvalue weighted by atomic mass is 16.4. The van der Waals surface area contributed by atoms with Crippen LogP contribution in [0.2, 0.25) is 0 Å². The van der Waals surface area contributed by atoms with Gasteiger partial charge in [0.25, 0.3) is 0 Å². The van der Waals surface area contributed by atoms with Gasteiger partial charge in [-0.2, -0.15) is 0 Å². The van der Waals surface area contributed by atoms with Crippen molar-refractivity contribution >= 4 is 5.97 Å². The number of nitrogens with one attached hydrogen (secondary N) is 1. The van der Waals surface area contributed by atoms with Gasteiger partial charge in [0.2, 0.25) is 0 Å². The van der Waals surface area contributed by atoms with Crippen LogP contribution in [0.1, 0.15) is 19.3 Å². The fraction of sp³-hybridized carbons (Fsp3) is 0.889. The number of rotatable bonds is 4. The Morgan fingerprint density at radius 3 is 2.54 bits per heavy atom. The molecule has 0 amide bonds. The fourth-order valence-corrected chi connectivity index (χ4v) is 1.80. The Bertz CT molecular complexity index is 167. The summed E-state index contributed by atoms with van der Waals surface area (Å²) in [4.78, 5) is 13.0. The molecule has 0 aromatic rings. The van der Waals surface area contributed by atoms with Crippen molar-refractivity contribution in [1.82, 2.24) is 10.2 Å². The Kier molecular flexibility index (Phi) is 4.18. The smallest absolute Gasteiger partial charge is 0.322 e. The number of hydrogen-bond donors (Lipinski definition) is 2. The fourth-order valence-electron chi connectivity index (χ4n) is 1.80. The van der Waals surface area contributed by atoms with E-state index in [0.717, 1.165) is 25.9 Å². The summed E-state index contributed by atoms with van der Waals surface area (Å²) in [5.74, 6) is -0.712. The van der Waals surface area contributed by atoms with Gasteiger partial charge in [0.1, 0.15) is 6.04 Å².